The molecule has 0 bridgehead atoms. The molecule has 0 atom stereocenters. The second-order valence-corrected chi connectivity index (χ2v) is 5.68. The van der Waals surface area contributed by atoms with Crippen LogP contribution in [0.5, 0.6) is 0 Å². The average Bonchev–Trinajstić information content (AvgIpc) is 2.40. The van der Waals surface area contributed by atoms with Crippen molar-refractivity contribution in [3.8, 4) is 0 Å². The molecule has 17 heavy (non-hydrogen) atoms. The number of likely N-dealkylation sites (tertiary alicyclic amines) is 1. The van der Waals surface area contributed by atoms with E-state index >= 15 is 0 Å². The van der Waals surface area contributed by atoms with Gasteiger partial charge in [0.2, 0.25) is 5.91 Å². The molecule has 2 N–H and O–H groups in total. The molecule has 1 aliphatic carbocycles. The Bertz CT molecular complexity index is 241. The highest BCUT2D eigenvalue weighted by Gasteiger charge is 2.28. The Kier molecular flexibility index (Phi) is 4.84. The number of carbonyl (C=O) groups is 1. The molecule has 3 heteroatoms. The van der Waals surface area contributed by atoms with Gasteiger partial charge in [-0.25, -0.2) is 0 Å². The SMILES string of the molecule is NCCC1CCN(C(=O)C2CCCCC2)CC1. The number of nitrogens with two attached hydrogens (primary N) is 1. The summed E-state index contributed by atoms with van der Waals surface area (Å²) < 4.78 is 0. The summed E-state index contributed by atoms with van der Waals surface area (Å²) in [5.74, 6) is 1.54. The number of piperidine rings is 1. The van der Waals surface area contributed by atoms with Gasteiger partial charge in [0.1, 0.15) is 0 Å². The van der Waals surface area contributed by atoms with Crippen molar-refractivity contribution in [3.05, 3.63) is 0 Å². The van der Waals surface area contributed by atoms with E-state index in [0.717, 1.165) is 57.7 Å². The monoisotopic (exact) mass is 238 g/mol. The second-order valence-electron chi connectivity index (χ2n) is 5.68. The fraction of sp³-hybridized carbons (Fsp3) is 0.929. The molecule has 1 heterocycles. The van der Waals surface area contributed by atoms with E-state index in [2.05, 4.69) is 4.90 Å². The Morgan fingerprint density at radius 3 is 2.29 bits per heavy atom. The Labute approximate surface area is 105 Å². The first-order valence-corrected chi connectivity index (χ1v) is 7.30. The van der Waals surface area contributed by atoms with Crippen molar-refractivity contribution in [3.63, 3.8) is 0 Å². The summed E-state index contributed by atoms with van der Waals surface area (Å²) in [4.78, 5) is 14.4. The van der Waals surface area contributed by atoms with Crippen LogP contribution in [0.3, 0.4) is 0 Å². The molecule has 1 amide bonds. The number of carbonyl (C=O) groups excluding carboxylic acids is 1. The zero-order valence-corrected chi connectivity index (χ0v) is 10.9. The van der Waals surface area contributed by atoms with Crippen molar-refractivity contribution in [2.75, 3.05) is 19.6 Å². The molecule has 1 aliphatic heterocycles. The van der Waals surface area contributed by atoms with Crippen molar-refractivity contribution in [1.82, 2.24) is 4.90 Å². The highest BCUT2D eigenvalue weighted by Crippen LogP contribution is 2.28. The van der Waals surface area contributed by atoms with E-state index in [4.69, 9.17) is 5.73 Å². The highest BCUT2D eigenvalue weighted by molar-refractivity contribution is 5.79. The van der Waals surface area contributed by atoms with Gasteiger partial charge in [-0.1, -0.05) is 19.3 Å². The van der Waals surface area contributed by atoms with Crippen LogP contribution in [0.15, 0.2) is 0 Å². The van der Waals surface area contributed by atoms with Crippen LogP contribution in [0.4, 0.5) is 0 Å². The molecule has 3 nitrogen and oxygen atoms in total. The molecule has 1 saturated carbocycles. The molecular weight excluding hydrogens is 212 g/mol. The first-order valence-electron chi connectivity index (χ1n) is 7.30. The van der Waals surface area contributed by atoms with E-state index in [9.17, 15) is 4.79 Å². The van der Waals surface area contributed by atoms with Gasteiger partial charge in [-0.2, -0.15) is 0 Å². The summed E-state index contributed by atoms with van der Waals surface area (Å²) in [7, 11) is 0. The number of amides is 1. The molecule has 0 unspecified atom stereocenters. The van der Waals surface area contributed by atoms with Gasteiger partial charge >= 0.3 is 0 Å². The van der Waals surface area contributed by atoms with Gasteiger partial charge in [0.15, 0.2) is 0 Å². The number of nitrogens with zero attached hydrogens (tertiary/aromatic N) is 1. The molecule has 98 valence electrons. The maximum absolute atomic E-state index is 12.3. The molecule has 0 aromatic heterocycles. The lowest BCUT2D eigenvalue weighted by molar-refractivity contribution is -0.138. The minimum absolute atomic E-state index is 0.342. The topological polar surface area (TPSA) is 46.3 Å². The molecule has 0 radical (unpaired) electrons. The molecular formula is C14H26N2O. The number of rotatable bonds is 3. The quantitative estimate of drug-likeness (QED) is 0.819. The van der Waals surface area contributed by atoms with Gasteiger partial charge in [0, 0.05) is 19.0 Å². The van der Waals surface area contributed by atoms with Gasteiger partial charge in [0.05, 0.1) is 0 Å². The fourth-order valence-electron chi connectivity index (χ4n) is 3.29. The van der Waals surface area contributed by atoms with Crippen LogP contribution in [-0.4, -0.2) is 30.4 Å². The minimum Gasteiger partial charge on any atom is -0.342 e. The summed E-state index contributed by atoms with van der Waals surface area (Å²) >= 11 is 0. The molecule has 2 aliphatic rings. The van der Waals surface area contributed by atoms with Crippen LogP contribution in [0, 0.1) is 11.8 Å². The van der Waals surface area contributed by atoms with E-state index in [1.807, 2.05) is 0 Å². The second kappa shape index (κ2) is 6.39. The standard InChI is InChI=1S/C14H26N2O/c15-9-6-12-7-10-16(11-8-12)14(17)13-4-2-1-3-5-13/h12-13H,1-11,15H2. The smallest absolute Gasteiger partial charge is 0.225 e. The maximum atomic E-state index is 12.3. The van der Waals surface area contributed by atoms with Gasteiger partial charge in [-0.3, -0.25) is 4.79 Å². The molecule has 2 fully saturated rings. The highest BCUT2D eigenvalue weighted by atomic mass is 16.2. The summed E-state index contributed by atoms with van der Waals surface area (Å²) in [6.45, 7) is 2.74. The third-order valence-electron chi connectivity index (χ3n) is 4.46. The van der Waals surface area contributed by atoms with E-state index in [1.54, 1.807) is 0 Å². The van der Waals surface area contributed by atoms with Crippen molar-refractivity contribution < 1.29 is 4.79 Å². The minimum atomic E-state index is 0.342. The van der Waals surface area contributed by atoms with Crippen LogP contribution >= 0.6 is 0 Å². The predicted molar refractivity (Wildman–Crippen MR) is 69.6 cm³/mol. The zero-order chi connectivity index (χ0) is 12.1. The molecule has 0 aromatic rings. The van der Waals surface area contributed by atoms with Crippen molar-refractivity contribution >= 4 is 5.91 Å². The van der Waals surface area contributed by atoms with Gasteiger partial charge in [-0.15, -0.1) is 0 Å². The summed E-state index contributed by atoms with van der Waals surface area (Å²) in [5.41, 5.74) is 5.59. The van der Waals surface area contributed by atoms with E-state index in [-0.39, 0.29) is 0 Å². The Morgan fingerprint density at radius 1 is 1.06 bits per heavy atom. The van der Waals surface area contributed by atoms with Gasteiger partial charge in [-0.05, 0) is 44.6 Å². The summed E-state index contributed by atoms with van der Waals surface area (Å²) in [5, 5.41) is 0. The fourth-order valence-corrected chi connectivity index (χ4v) is 3.29. The van der Waals surface area contributed by atoms with Crippen molar-refractivity contribution in [1.29, 1.82) is 0 Å². The van der Waals surface area contributed by atoms with Gasteiger partial charge in [0.25, 0.3) is 0 Å². The van der Waals surface area contributed by atoms with Crippen LogP contribution in [-0.2, 0) is 4.79 Å². The largest absolute Gasteiger partial charge is 0.342 e. The number of hydrogen-bond acceptors (Lipinski definition) is 2. The van der Waals surface area contributed by atoms with Crippen molar-refractivity contribution in [2.45, 2.75) is 51.4 Å². The number of hydrogen-bond donors (Lipinski definition) is 1. The van der Waals surface area contributed by atoms with Crippen LogP contribution in [0.2, 0.25) is 0 Å². The van der Waals surface area contributed by atoms with Gasteiger partial charge < -0.3 is 10.6 Å². The molecule has 0 aromatic carbocycles. The van der Waals surface area contributed by atoms with Crippen LogP contribution in [0.25, 0.3) is 0 Å². The Balaban J connectivity index is 1.77. The van der Waals surface area contributed by atoms with E-state index in [0.29, 0.717) is 11.8 Å². The summed E-state index contributed by atoms with van der Waals surface area (Å²) in [6.07, 6.45) is 9.53. The molecule has 2 rings (SSSR count). The zero-order valence-electron chi connectivity index (χ0n) is 10.9. The molecule has 0 spiro atoms. The summed E-state index contributed by atoms with van der Waals surface area (Å²) in [6, 6.07) is 0. The normalized spacial score (nSPS) is 23.9. The van der Waals surface area contributed by atoms with Crippen molar-refractivity contribution in [2.24, 2.45) is 17.6 Å². The average molecular weight is 238 g/mol. The van der Waals surface area contributed by atoms with Crippen LogP contribution < -0.4 is 5.73 Å². The third-order valence-corrected chi connectivity index (χ3v) is 4.46. The van der Waals surface area contributed by atoms with E-state index < -0.39 is 0 Å². The maximum Gasteiger partial charge on any atom is 0.225 e. The van der Waals surface area contributed by atoms with Crippen LogP contribution in [0.1, 0.15) is 51.4 Å². The first-order chi connectivity index (χ1) is 8.31. The van der Waals surface area contributed by atoms with E-state index in [1.165, 1.54) is 19.3 Å². The predicted octanol–water partition coefficient (Wildman–Crippen LogP) is 2.15. The lowest BCUT2D eigenvalue weighted by Gasteiger charge is -2.35. The Morgan fingerprint density at radius 2 is 1.71 bits per heavy atom. The lowest BCUT2D eigenvalue weighted by Crippen LogP contribution is -2.42. The Hall–Kier alpha value is -0.570. The lowest BCUT2D eigenvalue weighted by atomic mass is 9.87. The third kappa shape index (κ3) is 3.44. The first kappa shape index (κ1) is 12.9. The molecule has 1 saturated heterocycles.